The molecule has 2 aromatic rings. The molecule has 5 heteroatoms. The van der Waals surface area contributed by atoms with Gasteiger partial charge in [0, 0.05) is 25.2 Å². The van der Waals surface area contributed by atoms with Crippen LogP contribution in [-0.2, 0) is 13.1 Å². The Morgan fingerprint density at radius 1 is 1.39 bits per heavy atom. The van der Waals surface area contributed by atoms with Crippen molar-refractivity contribution in [1.29, 1.82) is 0 Å². The number of rotatable bonds is 3. The molecule has 0 saturated heterocycles. The molecule has 18 heavy (non-hydrogen) atoms. The van der Waals surface area contributed by atoms with Gasteiger partial charge in [0.2, 0.25) is 0 Å². The molecule has 0 bridgehead atoms. The summed E-state index contributed by atoms with van der Waals surface area (Å²) < 4.78 is 7.52. The van der Waals surface area contributed by atoms with Crippen molar-refractivity contribution in [3.8, 4) is 5.75 Å². The topological polar surface area (TPSA) is 66.0 Å². The molecular weight excluding hydrogens is 228 g/mol. The van der Waals surface area contributed by atoms with Crippen LogP contribution in [-0.4, -0.2) is 21.6 Å². The van der Waals surface area contributed by atoms with Crippen molar-refractivity contribution >= 4 is 0 Å². The summed E-state index contributed by atoms with van der Waals surface area (Å²) in [6.45, 7) is 2.03. The number of hydrogen-bond acceptors (Lipinski definition) is 4. The summed E-state index contributed by atoms with van der Waals surface area (Å²) in [5.74, 6) is 1.43. The highest BCUT2D eigenvalue weighted by Crippen LogP contribution is 2.34. The second kappa shape index (κ2) is 4.78. The van der Waals surface area contributed by atoms with Crippen LogP contribution in [0.1, 0.15) is 23.6 Å². The van der Waals surface area contributed by atoms with E-state index in [1.807, 2.05) is 29.1 Å². The molecule has 0 spiro atoms. The van der Waals surface area contributed by atoms with E-state index >= 15 is 0 Å². The minimum Gasteiger partial charge on any atom is -0.493 e. The lowest BCUT2D eigenvalue weighted by Gasteiger charge is -2.25. The van der Waals surface area contributed by atoms with E-state index in [1.54, 1.807) is 0 Å². The minimum atomic E-state index is 0.433. The van der Waals surface area contributed by atoms with Gasteiger partial charge in [-0.2, -0.15) is 0 Å². The Labute approximate surface area is 106 Å². The molecule has 2 heterocycles. The second-order valence-corrected chi connectivity index (χ2v) is 4.51. The fourth-order valence-corrected chi connectivity index (χ4v) is 2.35. The Hall–Kier alpha value is -1.88. The lowest BCUT2D eigenvalue weighted by molar-refractivity contribution is 0.256. The molecule has 1 aromatic carbocycles. The van der Waals surface area contributed by atoms with Gasteiger partial charge in [-0.05, 0) is 18.1 Å². The van der Waals surface area contributed by atoms with Gasteiger partial charge in [0.15, 0.2) is 0 Å². The Kier molecular flexibility index (Phi) is 2.98. The van der Waals surface area contributed by atoms with Crippen LogP contribution in [0.4, 0.5) is 0 Å². The Morgan fingerprint density at radius 3 is 3.11 bits per heavy atom. The summed E-state index contributed by atoms with van der Waals surface area (Å²) in [6.07, 6.45) is 2.92. The third-order valence-electron chi connectivity index (χ3n) is 3.29. The zero-order valence-corrected chi connectivity index (χ0v) is 10.1. The highest BCUT2D eigenvalue weighted by molar-refractivity contribution is 5.37. The molecule has 0 radical (unpaired) electrons. The minimum absolute atomic E-state index is 0.433. The van der Waals surface area contributed by atoms with Gasteiger partial charge in [-0.25, -0.2) is 0 Å². The van der Waals surface area contributed by atoms with E-state index in [9.17, 15) is 0 Å². The van der Waals surface area contributed by atoms with Crippen LogP contribution < -0.4 is 10.5 Å². The van der Waals surface area contributed by atoms with Crippen LogP contribution in [0, 0.1) is 0 Å². The molecule has 1 aliphatic heterocycles. The van der Waals surface area contributed by atoms with E-state index in [0.717, 1.165) is 31.0 Å². The smallest absolute Gasteiger partial charge is 0.122 e. The zero-order valence-electron chi connectivity index (χ0n) is 10.1. The largest absolute Gasteiger partial charge is 0.493 e. The van der Waals surface area contributed by atoms with E-state index in [0.29, 0.717) is 12.5 Å². The van der Waals surface area contributed by atoms with Gasteiger partial charge in [0.1, 0.15) is 5.75 Å². The Morgan fingerprint density at radius 2 is 2.28 bits per heavy atom. The van der Waals surface area contributed by atoms with Crippen molar-refractivity contribution in [2.75, 3.05) is 6.61 Å². The van der Waals surface area contributed by atoms with Crippen LogP contribution in [0.15, 0.2) is 30.5 Å². The molecule has 94 valence electrons. The van der Waals surface area contributed by atoms with Gasteiger partial charge in [0.25, 0.3) is 0 Å². The first kappa shape index (κ1) is 11.2. The Bertz CT molecular complexity index is 537. The monoisotopic (exact) mass is 244 g/mol. The van der Waals surface area contributed by atoms with Crippen LogP contribution in [0.3, 0.4) is 0 Å². The number of fused-ring (bicyclic) bond motifs is 1. The molecular formula is C13H16N4O. The number of nitrogens with two attached hydrogens (primary N) is 1. The van der Waals surface area contributed by atoms with Crippen molar-refractivity contribution in [3.63, 3.8) is 0 Å². The fourth-order valence-electron chi connectivity index (χ4n) is 2.35. The SMILES string of the molecule is NCc1cn(CC2CCOc3ccccc32)nn1. The number of aromatic nitrogens is 3. The summed E-state index contributed by atoms with van der Waals surface area (Å²) >= 11 is 0. The van der Waals surface area contributed by atoms with Crippen molar-refractivity contribution in [1.82, 2.24) is 15.0 Å². The lowest BCUT2D eigenvalue weighted by atomic mass is 9.93. The van der Waals surface area contributed by atoms with E-state index < -0.39 is 0 Å². The number of ether oxygens (including phenoxy) is 1. The third kappa shape index (κ3) is 2.09. The van der Waals surface area contributed by atoms with Crippen LogP contribution >= 0.6 is 0 Å². The maximum atomic E-state index is 5.65. The average Bonchev–Trinajstić information content (AvgIpc) is 2.87. The molecule has 1 unspecified atom stereocenters. The summed E-state index contributed by atoms with van der Waals surface area (Å²) in [6, 6.07) is 8.20. The fraction of sp³-hybridized carbons (Fsp3) is 0.385. The molecule has 1 aromatic heterocycles. The van der Waals surface area contributed by atoms with Crippen molar-refractivity contribution in [2.24, 2.45) is 5.73 Å². The van der Waals surface area contributed by atoms with E-state index in [-0.39, 0.29) is 0 Å². The van der Waals surface area contributed by atoms with Crippen LogP contribution in [0.5, 0.6) is 5.75 Å². The molecule has 0 saturated carbocycles. The van der Waals surface area contributed by atoms with Crippen molar-refractivity contribution in [2.45, 2.75) is 25.4 Å². The summed E-state index contributed by atoms with van der Waals surface area (Å²) in [7, 11) is 0. The van der Waals surface area contributed by atoms with Gasteiger partial charge in [0.05, 0.1) is 12.3 Å². The molecule has 0 amide bonds. The third-order valence-corrected chi connectivity index (χ3v) is 3.29. The standard InChI is InChI=1S/C13H16N4O/c14-7-11-9-17(16-15-11)8-10-5-6-18-13-4-2-1-3-12(10)13/h1-4,9-10H,5-8,14H2. The van der Waals surface area contributed by atoms with Crippen molar-refractivity contribution < 1.29 is 4.74 Å². The quantitative estimate of drug-likeness (QED) is 0.884. The van der Waals surface area contributed by atoms with Gasteiger partial charge >= 0.3 is 0 Å². The summed E-state index contributed by atoms with van der Waals surface area (Å²) in [5, 5.41) is 8.11. The highest BCUT2D eigenvalue weighted by Gasteiger charge is 2.21. The maximum Gasteiger partial charge on any atom is 0.122 e. The number of hydrogen-bond donors (Lipinski definition) is 1. The predicted molar refractivity (Wildman–Crippen MR) is 67.2 cm³/mol. The molecule has 3 rings (SSSR count). The normalized spacial score (nSPS) is 18.2. The van der Waals surface area contributed by atoms with Crippen LogP contribution in [0.25, 0.3) is 0 Å². The first-order valence-electron chi connectivity index (χ1n) is 6.17. The zero-order chi connectivity index (χ0) is 12.4. The molecule has 1 aliphatic rings. The Balaban J connectivity index is 1.81. The van der Waals surface area contributed by atoms with E-state index in [1.165, 1.54) is 5.56 Å². The number of para-hydroxylation sites is 1. The molecule has 0 fully saturated rings. The first-order valence-corrected chi connectivity index (χ1v) is 6.17. The molecule has 0 aliphatic carbocycles. The number of nitrogens with zero attached hydrogens (tertiary/aromatic N) is 3. The molecule has 1 atom stereocenters. The van der Waals surface area contributed by atoms with E-state index in [2.05, 4.69) is 16.4 Å². The van der Waals surface area contributed by atoms with Gasteiger partial charge < -0.3 is 10.5 Å². The maximum absolute atomic E-state index is 5.65. The van der Waals surface area contributed by atoms with Crippen LogP contribution in [0.2, 0.25) is 0 Å². The van der Waals surface area contributed by atoms with Gasteiger partial charge in [-0.15, -0.1) is 5.10 Å². The summed E-state index contributed by atoms with van der Waals surface area (Å²) in [5.41, 5.74) is 7.62. The highest BCUT2D eigenvalue weighted by atomic mass is 16.5. The molecule has 5 nitrogen and oxygen atoms in total. The lowest BCUT2D eigenvalue weighted by Crippen LogP contribution is -2.18. The van der Waals surface area contributed by atoms with Gasteiger partial charge in [-0.1, -0.05) is 23.4 Å². The molecule has 2 N–H and O–H groups in total. The predicted octanol–water partition coefficient (Wildman–Crippen LogP) is 1.30. The summed E-state index contributed by atoms with van der Waals surface area (Å²) in [4.78, 5) is 0. The average molecular weight is 244 g/mol. The first-order chi connectivity index (χ1) is 8.86. The number of benzene rings is 1. The van der Waals surface area contributed by atoms with Gasteiger partial charge in [-0.3, -0.25) is 4.68 Å². The van der Waals surface area contributed by atoms with E-state index in [4.69, 9.17) is 10.5 Å². The second-order valence-electron chi connectivity index (χ2n) is 4.51. The van der Waals surface area contributed by atoms with Crippen molar-refractivity contribution in [3.05, 3.63) is 41.7 Å².